The first-order valence-electron chi connectivity index (χ1n) is 9.43. The highest BCUT2D eigenvalue weighted by atomic mass is 35.5. The second-order valence-electron chi connectivity index (χ2n) is 7.06. The third kappa shape index (κ3) is 4.04. The van der Waals surface area contributed by atoms with Gasteiger partial charge in [0.05, 0.1) is 5.56 Å². The Hall–Kier alpha value is -3.25. The molecule has 0 saturated carbocycles. The molecule has 0 radical (unpaired) electrons. The molecule has 0 aliphatic carbocycles. The van der Waals surface area contributed by atoms with Gasteiger partial charge in [-0.1, -0.05) is 17.7 Å². The predicted molar refractivity (Wildman–Crippen MR) is 112 cm³/mol. The topological polar surface area (TPSA) is 66.8 Å². The van der Waals surface area contributed by atoms with Crippen LogP contribution in [-0.2, 0) is 11.3 Å². The second kappa shape index (κ2) is 8.24. The zero-order valence-corrected chi connectivity index (χ0v) is 17.4. The van der Waals surface area contributed by atoms with Crippen LogP contribution < -0.4 is 9.47 Å². The van der Waals surface area contributed by atoms with Gasteiger partial charge in [-0.25, -0.2) is 4.79 Å². The third-order valence-electron chi connectivity index (χ3n) is 5.07. The molecule has 0 atom stereocenters. The molecule has 154 valence electrons. The van der Waals surface area contributed by atoms with Crippen molar-refractivity contribution in [2.75, 3.05) is 13.4 Å². The van der Waals surface area contributed by atoms with Crippen LogP contribution in [-0.4, -0.2) is 29.7 Å². The maximum Gasteiger partial charge on any atom is 0.338 e. The maximum atomic E-state index is 12.7. The summed E-state index contributed by atoms with van der Waals surface area (Å²) < 4.78 is 18.0. The van der Waals surface area contributed by atoms with E-state index in [2.05, 4.69) is 0 Å². The molecule has 3 aromatic rings. The Labute approximate surface area is 178 Å². The highest BCUT2D eigenvalue weighted by molar-refractivity contribution is 6.30. The number of nitrogens with zero attached hydrogens (tertiary/aromatic N) is 1. The number of aromatic nitrogens is 1. The Morgan fingerprint density at radius 2 is 1.77 bits per heavy atom. The second-order valence-corrected chi connectivity index (χ2v) is 7.50. The summed E-state index contributed by atoms with van der Waals surface area (Å²) in [6.07, 6.45) is 0. The smallest absolute Gasteiger partial charge is 0.338 e. The van der Waals surface area contributed by atoms with E-state index in [1.807, 2.05) is 42.7 Å². The lowest BCUT2D eigenvalue weighted by Gasteiger charge is -2.11. The van der Waals surface area contributed by atoms with Gasteiger partial charge < -0.3 is 18.8 Å². The Morgan fingerprint density at radius 3 is 2.53 bits per heavy atom. The number of benzene rings is 2. The van der Waals surface area contributed by atoms with Crippen LogP contribution >= 0.6 is 11.6 Å². The van der Waals surface area contributed by atoms with E-state index in [-0.39, 0.29) is 19.2 Å². The van der Waals surface area contributed by atoms with Crippen molar-refractivity contribution in [1.29, 1.82) is 0 Å². The maximum absolute atomic E-state index is 12.7. The molecule has 0 unspecified atom stereocenters. The van der Waals surface area contributed by atoms with Crippen LogP contribution in [0.4, 0.5) is 0 Å². The molecule has 4 rings (SSSR count). The van der Waals surface area contributed by atoms with Crippen LogP contribution in [0.15, 0.2) is 48.5 Å². The Balaban J connectivity index is 1.45. The van der Waals surface area contributed by atoms with E-state index in [1.54, 1.807) is 24.3 Å². The van der Waals surface area contributed by atoms with E-state index < -0.39 is 5.97 Å². The number of rotatable bonds is 6. The minimum absolute atomic E-state index is 0.230. The number of ether oxygens (including phenoxy) is 3. The van der Waals surface area contributed by atoms with Crippen LogP contribution in [0.5, 0.6) is 11.5 Å². The van der Waals surface area contributed by atoms with Crippen molar-refractivity contribution in [3.8, 4) is 11.5 Å². The lowest BCUT2D eigenvalue weighted by Crippen LogP contribution is -2.15. The SMILES string of the molecule is Cc1cc(C(=O)COC(=O)c2ccc(Cl)cc2)c(C)n1Cc1ccc2c(c1)OCO2. The lowest BCUT2D eigenvalue weighted by molar-refractivity contribution is 0.0474. The number of Topliss-reactive ketones (excluding diaryl/α,β-unsaturated/α-hetero) is 1. The summed E-state index contributed by atoms with van der Waals surface area (Å²) in [6, 6.07) is 13.9. The molecule has 7 heteroatoms. The fourth-order valence-electron chi connectivity index (χ4n) is 3.43. The highest BCUT2D eigenvalue weighted by Crippen LogP contribution is 2.33. The van der Waals surface area contributed by atoms with Crippen molar-refractivity contribution in [2.45, 2.75) is 20.4 Å². The number of fused-ring (bicyclic) bond motifs is 1. The van der Waals surface area contributed by atoms with Gasteiger partial charge in [0.25, 0.3) is 0 Å². The van der Waals surface area contributed by atoms with Gasteiger partial charge in [-0.2, -0.15) is 0 Å². The molecule has 0 spiro atoms. The monoisotopic (exact) mass is 425 g/mol. The number of carbonyl (C=O) groups is 2. The van der Waals surface area contributed by atoms with Crippen molar-refractivity contribution in [1.82, 2.24) is 4.57 Å². The van der Waals surface area contributed by atoms with E-state index >= 15 is 0 Å². The molecular formula is C23H20ClNO5. The van der Waals surface area contributed by atoms with E-state index in [0.717, 1.165) is 28.5 Å². The van der Waals surface area contributed by atoms with Gasteiger partial charge in [-0.3, -0.25) is 4.79 Å². The van der Waals surface area contributed by atoms with Gasteiger partial charge in [-0.05, 0) is 61.9 Å². The first-order chi connectivity index (χ1) is 14.4. The summed E-state index contributed by atoms with van der Waals surface area (Å²) in [5, 5.41) is 0.525. The molecule has 0 bridgehead atoms. The minimum atomic E-state index is -0.561. The Morgan fingerprint density at radius 1 is 1.03 bits per heavy atom. The van der Waals surface area contributed by atoms with Crippen molar-refractivity contribution < 1.29 is 23.8 Å². The summed E-state index contributed by atoms with van der Waals surface area (Å²) >= 11 is 5.82. The molecule has 1 aliphatic rings. The largest absolute Gasteiger partial charge is 0.454 e. The van der Waals surface area contributed by atoms with Gasteiger partial charge in [0, 0.05) is 28.5 Å². The molecule has 1 aromatic heterocycles. The van der Waals surface area contributed by atoms with Crippen LogP contribution in [0.2, 0.25) is 5.02 Å². The van der Waals surface area contributed by atoms with E-state index in [4.69, 9.17) is 25.8 Å². The number of hydrogen-bond donors (Lipinski definition) is 0. The highest BCUT2D eigenvalue weighted by Gasteiger charge is 2.19. The molecule has 0 N–H and O–H groups in total. The van der Waals surface area contributed by atoms with Gasteiger partial charge in [0.2, 0.25) is 12.6 Å². The number of hydrogen-bond acceptors (Lipinski definition) is 5. The molecule has 0 fully saturated rings. The fourth-order valence-corrected chi connectivity index (χ4v) is 3.55. The molecular weight excluding hydrogens is 406 g/mol. The van der Waals surface area contributed by atoms with Crippen molar-refractivity contribution in [3.05, 3.63) is 81.6 Å². The predicted octanol–water partition coefficient (Wildman–Crippen LogP) is 4.58. The molecule has 1 aliphatic heterocycles. The van der Waals surface area contributed by atoms with Crippen molar-refractivity contribution >= 4 is 23.4 Å². The van der Waals surface area contributed by atoms with Crippen LogP contribution in [0.1, 0.15) is 37.7 Å². The average Bonchev–Trinajstić information content (AvgIpc) is 3.31. The molecule has 6 nitrogen and oxygen atoms in total. The number of carbonyl (C=O) groups excluding carboxylic acids is 2. The number of ketones is 1. The first kappa shape index (κ1) is 20.0. The van der Waals surface area contributed by atoms with Crippen LogP contribution in [0, 0.1) is 13.8 Å². The van der Waals surface area contributed by atoms with E-state index in [1.165, 1.54) is 0 Å². The van der Waals surface area contributed by atoms with E-state index in [9.17, 15) is 9.59 Å². The summed E-state index contributed by atoms with van der Waals surface area (Å²) in [5.41, 5.74) is 3.68. The Bertz CT molecular complexity index is 1120. The van der Waals surface area contributed by atoms with Crippen molar-refractivity contribution in [3.63, 3.8) is 0 Å². The van der Waals surface area contributed by atoms with Gasteiger partial charge >= 0.3 is 5.97 Å². The zero-order valence-electron chi connectivity index (χ0n) is 16.6. The average molecular weight is 426 g/mol. The number of halogens is 1. The minimum Gasteiger partial charge on any atom is -0.454 e. The van der Waals surface area contributed by atoms with Gasteiger partial charge in [-0.15, -0.1) is 0 Å². The molecule has 0 amide bonds. The fraction of sp³-hybridized carbons (Fsp3) is 0.217. The Kier molecular flexibility index (Phi) is 5.50. The molecule has 30 heavy (non-hydrogen) atoms. The first-order valence-corrected chi connectivity index (χ1v) is 9.81. The van der Waals surface area contributed by atoms with Crippen LogP contribution in [0.25, 0.3) is 0 Å². The quantitative estimate of drug-likeness (QED) is 0.427. The standard InChI is InChI=1S/C23H20ClNO5/c1-14-9-19(20(26)12-28-23(27)17-4-6-18(24)7-5-17)15(2)25(14)11-16-3-8-21-22(10-16)30-13-29-21/h3-10H,11-13H2,1-2H3. The molecule has 2 aromatic carbocycles. The van der Waals surface area contributed by atoms with Crippen molar-refractivity contribution in [2.24, 2.45) is 0 Å². The van der Waals surface area contributed by atoms with E-state index in [0.29, 0.717) is 22.7 Å². The number of aryl methyl sites for hydroxylation is 1. The van der Waals surface area contributed by atoms with Crippen LogP contribution in [0.3, 0.4) is 0 Å². The lowest BCUT2D eigenvalue weighted by atomic mass is 10.1. The van der Waals surface area contributed by atoms with Gasteiger partial charge in [0.1, 0.15) is 0 Å². The normalized spacial score (nSPS) is 12.1. The summed E-state index contributed by atoms with van der Waals surface area (Å²) in [5.74, 6) is 0.648. The summed E-state index contributed by atoms with van der Waals surface area (Å²) in [7, 11) is 0. The summed E-state index contributed by atoms with van der Waals surface area (Å²) in [6.45, 7) is 4.32. The molecule has 2 heterocycles. The number of esters is 1. The third-order valence-corrected chi connectivity index (χ3v) is 5.32. The summed E-state index contributed by atoms with van der Waals surface area (Å²) in [4.78, 5) is 24.8. The van der Waals surface area contributed by atoms with Gasteiger partial charge in [0.15, 0.2) is 18.1 Å². The molecule has 0 saturated heterocycles. The zero-order chi connectivity index (χ0) is 21.3.